The van der Waals surface area contributed by atoms with E-state index in [9.17, 15) is 0 Å². The van der Waals surface area contributed by atoms with Gasteiger partial charge in [-0.15, -0.1) is 0 Å². The molecule has 0 saturated heterocycles. The molecule has 18 heavy (non-hydrogen) atoms. The molecule has 0 aliphatic heterocycles. The van der Waals surface area contributed by atoms with Crippen molar-refractivity contribution in [1.29, 1.82) is 0 Å². The van der Waals surface area contributed by atoms with Gasteiger partial charge in [0.2, 0.25) is 5.88 Å². The van der Waals surface area contributed by atoms with E-state index >= 15 is 0 Å². The van der Waals surface area contributed by atoms with Crippen LogP contribution in [0.1, 0.15) is 29.8 Å². The highest BCUT2D eigenvalue weighted by Gasteiger charge is 2.11. The molecule has 94 valence electrons. The van der Waals surface area contributed by atoms with Crippen molar-refractivity contribution in [3.8, 4) is 5.88 Å². The third kappa shape index (κ3) is 2.65. The fourth-order valence-corrected chi connectivity index (χ4v) is 1.81. The van der Waals surface area contributed by atoms with E-state index in [1.165, 1.54) is 11.9 Å². The van der Waals surface area contributed by atoms with Gasteiger partial charge in [-0.1, -0.05) is 31.2 Å². The van der Waals surface area contributed by atoms with E-state index in [4.69, 9.17) is 10.5 Å². The van der Waals surface area contributed by atoms with E-state index in [0.29, 0.717) is 5.88 Å². The van der Waals surface area contributed by atoms with Crippen molar-refractivity contribution < 1.29 is 4.74 Å². The molecule has 0 amide bonds. The summed E-state index contributed by atoms with van der Waals surface area (Å²) in [6.45, 7) is 2.12. The smallest absolute Gasteiger partial charge is 0.216 e. The van der Waals surface area contributed by atoms with Crippen LogP contribution in [-0.2, 0) is 6.42 Å². The summed E-state index contributed by atoms with van der Waals surface area (Å²) in [4.78, 5) is 8.18. The van der Waals surface area contributed by atoms with Gasteiger partial charge < -0.3 is 10.5 Å². The van der Waals surface area contributed by atoms with Crippen molar-refractivity contribution in [3.05, 3.63) is 53.5 Å². The molecule has 2 rings (SSSR count). The largest absolute Gasteiger partial charge is 0.481 e. The van der Waals surface area contributed by atoms with Crippen molar-refractivity contribution in [3.63, 3.8) is 0 Å². The van der Waals surface area contributed by atoms with Crippen LogP contribution in [0.4, 0.5) is 0 Å². The van der Waals surface area contributed by atoms with Crippen LogP contribution < -0.4 is 10.5 Å². The molecule has 2 aromatic rings. The Hall–Kier alpha value is -1.94. The summed E-state index contributed by atoms with van der Waals surface area (Å²) >= 11 is 0. The Kier molecular flexibility index (Phi) is 3.89. The maximum Gasteiger partial charge on any atom is 0.216 e. The first-order valence-corrected chi connectivity index (χ1v) is 5.95. The summed E-state index contributed by atoms with van der Waals surface area (Å²) < 4.78 is 5.08. The average Bonchev–Trinajstić information content (AvgIpc) is 2.46. The van der Waals surface area contributed by atoms with Gasteiger partial charge >= 0.3 is 0 Å². The fourth-order valence-electron chi connectivity index (χ4n) is 1.81. The SMILES string of the molecule is CCc1cccc(C(N)c2cc(OC)ncn2)c1. The standard InChI is InChI=1S/C14H17N3O/c1-3-10-5-4-6-11(7-10)14(15)12-8-13(18-2)17-9-16-12/h4-9,14H,3,15H2,1-2H3. The lowest BCUT2D eigenvalue weighted by atomic mass is 10.0. The third-order valence-corrected chi connectivity index (χ3v) is 2.91. The molecule has 0 saturated carbocycles. The second-order valence-electron chi connectivity index (χ2n) is 4.06. The van der Waals surface area contributed by atoms with Gasteiger partial charge in [0, 0.05) is 6.07 Å². The molecular weight excluding hydrogens is 226 g/mol. The lowest BCUT2D eigenvalue weighted by molar-refractivity contribution is 0.395. The fraction of sp³-hybridized carbons (Fsp3) is 0.286. The predicted molar refractivity (Wildman–Crippen MR) is 70.4 cm³/mol. The highest BCUT2D eigenvalue weighted by molar-refractivity contribution is 5.32. The number of rotatable bonds is 4. The summed E-state index contributed by atoms with van der Waals surface area (Å²) in [6.07, 6.45) is 2.46. The zero-order chi connectivity index (χ0) is 13.0. The van der Waals surface area contributed by atoms with Crippen LogP contribution in [0, 0.1) is 0 Å². The number of aryl methyl sites for hydroxylation is 1. The van der Waals surface area contributed by atoms with Gasteiger partial charge in [-0.25, -0.2) is 9.97 Å². The lowest BCUT2D eigenvalue weighted by Gasteiger charge is -2.13. The number of ether oxygens (including phenoxy) is 1. The minimum atomic E-state index is -0.256. The van der Waals surface area contributed by atoms with E-state index in [1.807, 2.05) is 12.1 Å². The zero-order valence-corrected chi connectivity index (χ0v) is 10.6. The molecule has 0 aliphatic rings. The minimum absolute atomic E-state index is 0.256. The van der Waals surface area contributed by atoms with Gasteiger partial charge in [-0.2, -0.15) is 0 Å². The van der Waals surface area contributed by atoms with Crippen LogP contribution in [0.3, 0.4) is 0 Å². The van der Waals surface area contributed by atoms with Crippen molar-refractivity contribution in [2.75, 3.05) is 7.11 Å². The minimum Gasteiger partial charge on any atom is -0.481 e. The quantitative estimate of drug-likeness (QED) is 0.893. The number of hydrogen-bond acceptors (Lipinski definition) is 4. The Labute approximate surface area is 107 Å². The Bertz CT molecular complexity index is 480. The van der Waals surface area contributed by atoms with Crippen LogP contribution >= 0.6 is 0 Å². The first-order valence-electron chi connectivity index (χ1n) is 5.95. The van der Waals surface area contributed by atoms with Gasteiger partial charge in [-0.3, -0.25) is 0 Å². The molecule has 4 heteroatoms. The summed E-state index contributed by atoms with van der Waals surface area (Å²) in [5.41, 5.74) is 9.30. The van der Waals surface area contributed by atoms with Crippen LogP contribution in [0.5, 0.6) is 5.88 Å². The summed E-state index contributed by atoms with van der Waals surface area (Å²) in [6, 6.07) is 9.75. The van der Waals surface area contributed by atoms with Gasteiger partial charge in [0.25, 0.3) is 0 Å². The van der Waals surface area contributed by atoms with Crippen molar-refractivity contribution >= 4 is 0 Å². The third-order valence-electron chi connectivity index (χ3n) is 2.91. The molecular formula is C14H17N3O. The van der Waals surface area contributed by atoms with E-state index in [0.717, 1.165) is 17.7 Å². The molecule has 1 heterocycles. The maximum atomic E-state index is 6.22. The predicted octanol–water partition coefficient (Wildman–Crippen LogP) is 2.10. The molecule has 0 spiro atoms. The number of methoxy groups -OCH3 is 1. The van der Waals surface area contributed by atoms with E-state index in [1.54, 1.807) is 13.2 Å². The van der Waals surface area contributed by atoms with Crippen LogP contribution in [0.15, 0.2) is 36.7 Å². The summed E-state index contributed by atoms with van der Waals surface area (Å²) in [5.74, 6) is 0.530. The Balaban J connectivity index is 2.31. The Morgan fingerprint density at radius 2 is 2.11 bits per heavy atom. The molecule has 1 atom stereocenters. The molecule has 0 bridgehead atoms. The highest BCUT2D eigenvalue weighted by Crippen LogP contribution is 2.20. The number of benzene rings is 1. The molecule has 2 N–H and O–H groups in total. The molecule has 0 aliphatic carbocycles. The number of nitrogens with two attached hydrogens (primary N) is 1. The molecule has 0 radical (unpaired) electrons. The van der Waals surface area contributed by atoms with Crippen LogP contribution in [0.2, 0.25) is 0 Å². The number of nitrogens with zero attached hydrogens (tertiary/aromatic N) is 2. The lowest BCUT2D eigenvalue weighted by Crippen LogP contribution is -2.14. The van der Waals surface area contributed by atoms with Crippen molar-refractivity contribution in [2.45, 2.75) is 19.4 Å². The van der Waals surface area contributed by atoms with E-state index in [2.05, 4.69) is 29.0 Å². The van der Waals surface area contributed by atoms with Crippen LogP contribution in [-0.4, -0.2) is 17.1 Å². The molecule has 1 unspecified atom stereocenters. The Morgan fingerprint density at radius 3 is 2.83 bits per heavy atom. The molecule has 4 nitrogen and oxygen atoms in total. The second-order valence-corrected chi connectivity index (χ2v) is 4.06. The second kappa shape index (κ2) is 5.60. The number of aromatic nitrogens is 2. The van der Waals surface area contributed by atoms with Gasteiger partial charge in [0.1, 0.15) is 6.33 Å². The van der Waals surface area contributed by atoms with Crippen molar-refractivity contribution in [2.24, 2.45) is 5.73 Å². The topological polar surface area (TPSA) is 61.0 Å². The monoisotopic (exact) mass is 243 g/mol. The van der Waals surface area contributed by atoms with Gasteiger partial charge in [0.05, 0.1) is 18.8 Å². The zero-order valence-electron chi connectivity index (χ0n) is 10.6. The molecule has 0 fully saturated rings. The summed E-state index contributed by atoms with van der Waals surface area (Å²) in [7, 11) is 1.58. The first kappa shape index (κ1) is 12.5. The molecule has 1 aromatic heterocycles. The first-order chi connectivity index (χ1) is 8.74. The maximum absolute atomic E-state index is 6.22. The normalized spacial score (nSPS) is 12.2. The highest BCUT2D eigenvalue weighted by atomic mass is 16.5. The van der Waals surface area contributed by atoms with Crippen LogP contribution in [0.25, 0.3) is 0 Å². The number of hydrogen-bond donors (Lipinski definition) is 1. The Morgan fingerprint density at radius 1 is 1.28 bits per heavy atom. The van der Waals surface area contributed by atoms with E-state index < -0.39 is 0 Å². The average molecular weight is 243 g/mol. The van der Waals surface area contributed by atoms with E-state index in [-0.39, 0.29) is 6.04 Å². The summed E-state index contributed by atoms with van der Waals surface area (Å²) in [5, 5.41) is 0. The molecule has 1 aromatic carbocycles. The van der Waals surface area contributed by atoms with Gasteiger partial charge in [-0.05, 0) is 17.5 Å². The van der Waals surface area contributed by atoms with Crippen molar-refractivity contribution in [1.82, 2.24) is 9.97 Å². The van der Waals surface area contributed by atoms with Gasteiger partial charge in [0.15, 0.2) is 0 Å².